The molecule has 4 nitrogen and oxygen atoms in total. The Bertz CT molecular complexity index is 1330. The van der Waals surface area contributed by atoms with Gasteiger partial charge in [0.05, 0.1) is 5.69 Å². The smallest absolute Gasteiger partial charge is 0.324 e. The largest absolute Gasteiger partial charge is 0.443 e. The zero-order valence-electron chi connectivity index (χ0n) is 19.0. The SMILES string of the molecule is N[C@@H](CC1=C[N]c2ccccc21)C(=O)OC(c1ccccc1)(c1ccccc1)c1ccccc1Cl. The summed E-state index contributed by atoms with van der Waals surface area (Å²) in [7, 11) is 0. The van der Waals surface area contributed by atoms with E-state index in [4.69, 9.17) is 22.1 Å². The molecule has 5 rings (SSSR count). The second kappa shape index (κ2) is 9.79. The molecule has 2 N–H and O–H groups in total. The molecule has 1 radical (unpaired) electrons. The Morgan fingerprint density at radius 2 is 1.40 bits per heavy atom. The van der Waals surface area contributed by atoms with E-state index in [0.29, 0.717) is 17.0 Å². The van der Waals surface area contributed by atoms with Gasteiger partial charge in [0.1, 0.15) is 6.04 Å². The summed E-state index contributed by atoms with van der Waals surface area (Å²) in [4.78, 5) is 13.6. The summed E-state index contributed by atoms with van der Waals surface area (Å²) in [5.74, 6) is -0.525. The molecule has 0 saturated heterocycles. The maximum atomic E-state index is 13.6. The highest BCUT2D eigenvalue weighted by atomic mass is 35.5. The first-order valence-electron chi connectivity index (χ1n) is 11.4. The highest BCUT2D eigenvalue weighted by Crippen LogP contribution is 2.44. The van der Waals surface area contributed by atoms with Crippen molar-refractivity contribution in [2.75, 3.05) is 0 Å². The van der Waals surface area contributed by atoms with Crippen LogP contribution in [-0.2, 0) is 15.1 Å². The van der Waals surface area contributed by atoms with Crippen LogP contribution in [-0.4, -0.2) is 12.0 Å². The zero-order chi connectivity index (χ0) is 24.3. The molecule has 1 aliphatic rings. The standard InChI is InChI=1S/C30H24ClN2O2/c31-26-17-9-8-16-25(26)30(22-11-3-1-4-12-22,23-13-5-2-6-14-23)35-29(34)27(32)19-21-20-33-28-18-10-7-15-24(21)28/h1-18,20,27H,19,32H2/t27-/m0/s1. The van der Waals surface area contributed by atoms with Gasteiger partial charge in [-0.2, -0.15) is 0 Å². The molecular formula is C30H24ClN2O2. The van der Waals surface area contributed by atoms with Crippen LogP contribution in [0.3, 0.4) is 0 Å². The lowest BCUT2D eigenvalue weighted by Gasteiger charge is -2.36. The number of nitrogens with zero attached hydrogens (tertiary/aromatic N) is 1. The highest BCUT2D eigenvalue weighted by Gasteiger charge is 2.43. The number of hydrogen-bond acceptors (Lipinski definition) is 3. The number of halogens is 1. The number of fused-ring (bicyclic) bond motifs is 1. The van der Waals surface area contributed by atoms with E-state index in [-0.39, 0.29) is 0 Å². The summed E-state index contributed by atoms with van der Waals surface area (Å²) in [6.07, 6.45) is 2.08. The molecule has 4 aromatic rings. The van der Waals surface area contributed by atoms with Crippen LogP contribution >= 0.6 is 11.6 Å². The third kappa shape index (κ3) is 4.34. The van der Waals surface area contributed by atoms with Crippen molar-refractivity contribution in [3.05, 3.63) is 143 Å². The third-order valence-electron chi connectivity index (χ3n) is 6.22. The summed E-state index contributed by atoms with van der Waals surface area (Å²) >= 11 is 6.72. The number of ether oxygens (including phenoxy) is 1. The molecule has 0 fully saturated rings. The summed E-state index contributed by atoms with van der Waals surface area (Å²) in [5.41, 5.74) is 10.2. The molecule has 173 valence electrons. The van der Waals surface area contributed by atoms with Crippen LogP contribution in [0.4, 0.5) is 5.69 Å². The molecular weight excluding hydrogens is 456 g/mol. The molecule has 5 heteroatoms. The lowest BCUT2D eigenvalue weighted by atomic mass is 9.80. The molecule has 0 saturated carbocycles. The van der Waals surface area contributed by atoms with Crippen molar-refractivity contribution in [1.29, 1.82) is 0 Å². The van der Waals surface area contributed by atoms with Crippen LogP contribution in [0.2, 0.25) is 5.02 Å². The van der Waals surface area contributed by atoms with Gasteiger partial charge in [0.25, 0.3) is 0 Å². The number of hydrogen-bond donors (Lipinski definition) is 1. The van der Waals surface area contributed by atoms with Gasteiger partial charge in [0.2, 0.25) is 0 Å². The van der Waals surface area contributed by atoms with Gasteiger partial charge in [-0.25, -0.2) is 0 Å². The summed E-state index contributed by atoms with van der Waals surface area (Å²) in [5, 5.41) is 4.93. The maximum absolute atomic E-state index is 13.6. The van der Waals surface area contributed by atoms with E-state index in [0.717, 1.165) is 28.0 Å². The number of esters is 1. The number of nitrogens with two attached hydrogens (primary N) is 1. The summed E-state index contributed by atoms with van der Waals surface area (Å²) < 4.78 is 6.43. The fourth-order valence-electron chi connectivity index (χ4n) is 4.53. The quantitative estimate of drug-likeness (QED) is 0.254. The third-order valence-corrected chi connectivity index (χ3v) is 6.55. The Kier molecular flexibility index (Phi) is 6.41. The number of carbonyl (C=O) groups excluding carboxylic acids is 1. The van der Waals surface area contributed by atoms with Gasteiger partial charge in [0.15, 0.2) is 5.60 Å². The first-order chi connectivity index (χ1) is 17.1. The maximum Gasteiger partial charge on any atom is 0.324 e. The molecule has 4 aromatic carbocycles. The monoisotopic (exact) mass is 479 g/mol. The average Bonchev–Trinajstić information content (AvgIpc) is 3.31. The van der Waals surface area contributed by atoms with Crippen molar-refractivity contribution >= 4 is 28.8 Å². The fourth-order valence-corrected chi connectivity index (χ4v) is 4.80. The van der Waals surface area contributed by atoms with Gasteiger partial charge >= 0.3 is 5.97 Å². The van der Waals surface area contributed by atoms with Crippen LogP contribution in [0, 0.1) is 0 Å². The van der Waals surface area contributed by atoms with E-state index >= 15 is 0 Å². The Morgan fingerprint density at radius 1 is 0.829 bits per heavy atom. The molecule has 0 spiro atoms. The van der Waals surface area contributed by atoms with Crippen molar-refractivity contribution in [1.82, 2.24) is 5.32 Å². The van der Waals surface area contributed by atoms with E-state index in [2.05, 4.69) is 5.32 Å². The Morgan fingerprint density at radius 3 is 2.06 bits per heavy atom. The van der Waals surface area contributed by atoms with E-state index in [9.17, 15) is 4.79 Å². The normalized spacial score (nSPS) is 13.4. The van der Waals surface area contributed by atoms with Crippen LogP contribution in [0.1, 0.15) is 28.7 Å². The van der Waals surface area contributed by atoms with E-state index < -0.39 is 17.6 Å². The van der Waals surface area contributed by atoms with Crippen LogP contribution < -0.4 is 11.1 Å². The lowest BCUT2D eigenvalue weighted by molar-refractivity contribution is -0.155. The topological polar surface area (TPSA) is 66.4 Å². The number of para-hydroxylation sites is 1. The second-order valence-corrected chi connectivity index (χ2v) is 8.83. The van der Waals surface area contributed by atoms with E-state index in [1.165, 1.54) is 0 Å². The predicted octanol–water partition coefficient (Wildman–Crippen LogP) is 6.18. The van der Waals surface area contributed by atoms with Crippen LogP contribution in [0.15, 0.2) is 115 Å². The number of rotatable bonds is 7. The van der Waals surface area contributed by atoms with E-state index in [1.807, 2.05) is 103 Å². The molecule has 35 heavy (non-hydrogen) atoms. The highest BCUT2D eigenvalue weighted by molar-refractivity contribution is 6.31. The zero-order valence-corrected chi connectivity index (χ0v) is 19.7. The number of benzene rings is 4. The fraction of sp³-hybridized carbons (Fsp3) is 0.100. The Balaban J connectivity index is 1.56. The van der Waals surface area contributed by atoms with Gasteiger partial charge in [0, 0.05) is 39.9 Å². The first-order valence-corrected chi connectivity index (χ1v) is 11.8. The molecule has 0 unspecified atom stereocenters. The van der Waals surface area contributed by atoms with Crippen molar-refractivity contribution in [2.45, 2.75) is 18.1 Å². The molecule has 0 bridgehead atoms. The van der Waals surface area contributed by atoms with E-state index in [1.54, 1.807) is 12.3 Å². The first kappa shape index (κ1) is 22.9. The molecule has 0 amide bonds. The minimum Gasteiger partial charge on any atom is -0.443 e. The van der Waals surface area contributed by atoms with Gasteiger partial charge in [-0.15, -0.1) is 0 Å². The van der Waals surface area contributed by atoms with Gasteiger partial charge in [-0.05, 0) is 17.7 Å². The summed E-state index contributed by atoms with van der Waals surface area (Å²) in [6.45, 7) is 0. The molecule has 0 aromatic heterocycles. The number of carbonyl (C=O) groups is 1. The van der Waals surface area contributed by atoms with Gasteiger partial charge < -0.3 is 10.5 Å². The Labute approximate surface area is 210 Å². The van der Waals surface area contributed by atoms with Crippen LogP contribution in [0.25, 0.3) is 5.57 Å². The second-order valence-electron chi connectivity index (χ2n) is 8.43. The van der Waals surface area contributed by atoms with Gasteiger partial charge in [-0.1, -0.05) is 109 Å². The molecule has 1 atom stereocenters. The molecule has 1 heterocycles. The van der Waals surface area contributed by atoms with Crippen molar-refractivity contribution in [2.24, 2.45) is 5.73 Å². The summed E-state index contributed by atoms with van der Waals surface area (Å²) in [6, 6.07) is 33.6. The molecule has 0 aliphatic carbocycles. The minimum atomic E-state index is -1.28. The van der Waals surface area contributed by atoms with Crippen molar-refractivity contribution in [3.8, 4) is 0 Å². The van der Waals surface area contributed by atoms with Gasteiger partial charge in [-0.3, -0.25) is 10.1 Å². The predicted molar refractivity (Wildman–Crippen MR) is 139 cm³/mol. The Hall–Kier alpha value is -3.86. The van der Waals surface area contributed by atoms with Crippen molar-refractivity contribution < 1.29 is 9.53 Å². The molecule has 1 aliphatic heterocycles. The minimum absolute atomic E-state index is 0.307. The van der Waals surface area contributed by atoms with Crippen molar-refractivity contribution in [3.63, 3.8) is 0 Å². The average molecular weight is 480 g/mol. The van der Waals surface area contributed by atoms with Crippen LogP contribution in [0.5, 0.6) is 0 Å². The lowest BCUT2D eigenvalue weighted by Crippen LogP contribution is -2.42.